The summed E-state index contributed by atoms with van der Waals surface area (Å²) in [4.78, 5) is 4.73. The van der Waals surface area contributed by atoms with Crippen LogP contribution in [0, 0.1) is 0 Å². The Kier molecular flexibility index (Phi) is 5.76. The minimum Gasteiger partial charge on any atom is -0.256 e. The van der Waals surface area contributed by atoms with Gasteiger partial charge >= 0.3 is 0 Å². The van der Waals surface area contributed by atoms with Crippen molar-refractivity contribution in [3.63, 3.8) is 0 Å². The Bertz CT molecular complexity index is 1060. The second kappa shape index (κ2) is 8.60. The molecule has 3 aromatic carbocycles. The minimum absolute atomic E-state index is 0.670. The average Bonchev–Trinajstić information content (AvgIpc) is 2.73. The lowest BCUT2D eigenvalue weighted by atomic mass is 9.95. The van der Waals surface area contributed by atoms with Gasteiger partial charge in [0.05, 0.1) is 5.69 Å². The van der Waals surface area contributed by atoms with Crippen LogP contribution in [0.15, 0.2) is 91.1 Å². The number of nitrogens with zero attached hydrogens (tertiary/aromatic N) is 1. The van der Waals surface area contributed by atoms with E-state index >= 15 is 0 Å². The van der Waals surface area contributed by atoms with E-state index in [1.807, 2.05) is 42.6 Å². The van der Waals surface area contributed by atoms with Crippen LogP contribution in [0.5, 0.6) is 0 Å². The molecule has 0 N–H and O–H groups in total. The minimum atomic E-state index is 0.670. The van der Waals surface area contributed by atoms with Gasteiger partial charge in [0, 0.05) is 21.8 Å². The van der Waals surface area contributed by atoms with Crippen molar-refractivity contribution in [1.29, 1.82) is 0 Å². The molecule has 0 spiro atoms. The number of pyridine rings is 1. The number of aryl methyl sites for hydroxylation is 2. The molecule has 28 heavy (non-hydrogen) atoms. The first-order chi connectivity index (χ1) is 13.7. The standard InChI is InChI=1S/C25H19Cl2N/c26-22-13-18(14-23(27)15-22)11-12-21-17-28-25(20-9-5-2-6-10-20)16-24(21)19-7-3-1-4-8-19/h1-10,13-17H,11-12H2. The fourth-order valence-electron chi connectivity index (χ4n) is 3.37. The summed E-state index contributed by atoms with van der Waals surface area (Å²) in [5.41, 5.74) is 6.84. The van der Waals surface area contributed by atoms with E-state index in [1.165, 1.54) is 16.7 Å². The maximum Gasteiger partial charge on any atom is 0.0708 e. The molecule has 0 atom stereocenters. The van der Waals surface area contributed by atoms with E-state index in [-0.39, 0.29) is 0 Å². The zero-order valence-electron chi connectivity index (χ0n) is 15.3. The van der Waals surface area contributed by atoms with Gasteiger partial charge in [-0.1, -0.05) is 83.9 Å². The Morgan fingerprint density at radius 1 is 0.643 bits per heavy atom. The largest absolute Gasteiger partial charge is 0.256 e. The van der Waals surface area contributed by atoms with E-state index in [4.69, 9.17) is 28.2 Å². The number of benzene rings is 3. The number of hydrogen-bond acceptors (Lipinski definition) is 1. The molecule has 1 aromatic heterocycles. The van der Waals surface area contributed by atoms with Crippen LogP contribution in [0.25, 0.3) is 22.4 Å². The van der Waals surface area contributed by atoms with Gasteiger partial charge in [0.2, 0.25) is 0 Å². The van der Waals surface area contributed by atoms with Crippen LogP contribution in [-0.4, -0.2) is 4.98 Å². The monoisotopic (exact) mass is 403 g/mol. The van der Waals surface area contributed by atoms with Crippen molar-refractivity contribution in [2.24, 2.45) is 0 Å². The smallest absolute Gasteiger partial charge is 0.0708 e. The van der Waals surface area contributed by atoms with Crippen molar-refractivity contribution in [1.82, 2.24) is 4.98 Å². The van der Waals surface area contributed by atoms with Crippen molar-refractivity contribution in [2.45, 2.75) is 12.8 Å². The Morgan fingerprint density at radius 2 is 1.25 bits per heavy atom. The molecule has 0 fully saturated rings. The molecular formula is C25H19Cl2N. The maximum atomic E-state index is 6.15. The highest BCUT2D eigenvalue weighted by Gasteiger charge is 2.10. The molecular weight excluding hydrogens is 385 g/mol. The summed E-state index contributed by atoms with van der Waals surface area (Å²) in [5.74, 6) is 0. The third-order valence-corrected chi connectivity index (χ3v) is 5.18. The van der Waals surface area contributed by atoms with Crippen molar-refractivity contribution < 1.29 is 0 Å². The molecule has 0 unspecified atom stereocenters. The Hall–Kier alpha value is -2.61. The number of rotatable bonds is 5. The summed E-state index contributed by atoms with van der Waals surface area (Å²) >= 11 is 12.3. The number of halogens is 2. The first-order valence-corrected chi connectivity index (χ1v) is 9.99. The number of hydrogen-bond donors (Lipinski definition) is 0. The average molecular weight is 404 g/mol. The highest BCUT2D eigenvalue weighted by molar-refractivity contribution is 6.34. The lowest BCUT2D eigenvalue weighted by molar-refractivity contribution is 0.953. The third-order valence-electron chi connectivity index (χ3n) is 4.75. The van der Waals surface area contributed by atoms with Gasteiger partial charge in [0.25, 0.3) is 0 Å². The molecule has 3 heteroatoms. The molecule has 0 aliphatic carbocycles. The SMILES string of the molecule is Clc1cc(Cl)cc(CCc2cnc(-c3ccccc3)cc2-c2ccccc2)c1. The molecule has 0 aliphatic rings. The van der Waals surface area contributed by atoms with Gasteiger partial charge < -0.3 is 0 Å². The zero-order chi connectivity index (χ0) is 19.3. The molecule has 0 saturated heterocycles. The Labute approximate surface area is 175 Å². The van der Waals surface area contributed by atoms with Crippen LogP contribution in [0.4, 0.5) is 0 Å². The molecule has 4 rings (SSSR count). The van der Waals surface area contributed by atoms with Crippen LogP contribution in [0.1, 0.15) is 11.1 Å². The molecule has 1 nitrogen and oxygen atoms in total. The van der Waals surface area contributed by atoms with Gasteiger partial charge in [-0.2, -0.15) is 0 Å². The van der Waals surface area contributed by atoms with Crippen LogP contribution in [0.3, 0.4) is 0 Å². The van der Waals surface area contributed by atoms with Crippen molar-refractivity contribution in [3.8, 4) is 22.4 Å². The topological polar surface area (TPSA) is 12.9 Å². The second-order valence-corrected chi connectivity index (χ2v) is 7.61. The molecule has 0 amide bonds. The van der Waals surface area contributed by atoms with Crippen LogP contribution >= 0.6 is 23.2 Å². The number of aromatic nitrogens is 1. The summed E-state index contributed by atoms with van der Waals surface area (Å²) in [6.07, 6.45) is 3.71. The summed E-state index contributed by atoms with van der Waals surface area (Å²) in [7, 11) is 0. The molecule has 138 valence electrons. The molecule has 0 radical (unpaired) electrons. The predicted octanol–water partition coefficient (Wildman–Crippen LogP) is 7.51. The van der Waals surface area contributed by atoms with Crippen molar-refractivity contribution in [2.75, 3.05) is 0 Å². The summed E-state index contributed by atoms with van der Waals surface area (Å²) < 4.78 is 0. The molecule has 0 saturated carbocycles. The van der Waals surface area contributed by atoms with Crippen LogP contribution < -0.4 is 0 Å². The first-order valence-electron chi connectivity index (χ1n) is 9.24. The van der Waals surface area contributed by atoms with Gasteiger partial charge in [-0.05, 0) is 59.4 Å². The van der Waals surface area contributed by atoms with Crippen LogP contribution in [0.2, 0.25) is 10.0 Å². The quantitative estimate of drug-likeness (QED) is 0.335. The van der Waals surface area contributed by atoms with Crippen molar-refractivity contribution >= 4 is 23.2 Å². The van der Waals surface area contributed by atoms with Crippen molar-refractivity contribution in [3.05, 3.63) is 112 Å². The fraction of sp³-hybridized carbons (Fsp3) is 0.0800. The first kappa shape index (κ1) is 18.7. The lowest BCUT2D eigenvalue weighted by Crippen LogP contribution is -1.97. The third kappa shape index (κ3) is 4.44. The fourth-order valence-corrected chi connectivity index (χ4v) is 3.94. The summed E-state index contributed by atoms with van der Waals surface area (Å²) in [6, 6.07) is 28.6. The molecule has 4 aromatic rings. The van der Waals surface area contributed by atoms with E-state index in [1.54, 1.807) is 6.07 Å². The van der Waals surface area contributed by atoms with Gasteiger partial charge in [0.15, 0.2) is 0 Å². The van der Waals surface area contributed by atoms with E-state index in [0.717, 1.165) is 29.7 Å². The van der Waals surface area contributed by atoms with Gasteiger partial charge in [-0.3, -0.25) is 4.98 Å². The summed E-state index contributed by atoms with van der Waals surface area (Å²) in [5, 5.41) is 1.34. The van der Waals surface area contributed by atoms with E-state index < -0.39 is 0 Å². The van der Waals surface area contributed by atoms with Gasteiger partial charge in [-0.15, -0.1) is 0 Å². The highest BCUT2D eigenvalue weighted by Crippen LogP contribution is 2.29. The molecule has 0 aliphatic heterocycles. The van der Waals surface area contributed by atoms with Gasteiger partial charge in [0.1, 0.15) is 0 Å². The van der Waals surface area contributed by atoms with E-state index in [0.29, 0.717) is 10.0 Å². The predicted molar refractivity (Wildman–Crippen MR) is 119 cm³/mol. The van der Waals surface area contributed by atoms with E-state index in [9.17, 15) is 0 Å². The summed E-state index contributed by atoms with van der Waals surface area (Å²) in [6.45, 7) is 0. The maximum absolute atomic E-state index is 6.15. The lowest BCUT2D eigenvalue weighted by Gasteiger charge is -2.12. The highest BCUT2D eigenvalue weighted by atomic mass is 35.5. The molecule has 1 heterocycles. The van der Waals surface area contributed by atoms with Gasteiger partial charge in [-0.25, -0.2) is 0 Å². The normalized spacial score (nSPS) is 10.8. The Morgan fingerprint density at radius 3 is 1.89 bits per heavy atom. The van der Waals surface area contributed by atoms with Crippen LogP contribution in [-0.2, 0) is 12.8 Å². The molecule has 0 bridgehead atoms. The van der Waals surface area contributed by atoms with E-state index in [2.05, 4.69) is 42.5 Å². The zero-order valence-corrected chi connectivity index (χ0v) is 16.8. The second-order valence-electron chi connectivity index (χ2n) is 6.74. The Balaban J connectivity index is 1.70.